The minimum Gasteiger partial charge on any atom is -0.391 e. The topological polar surface area (TPSA) is 38.0 Å². The molecule has 0 unspecified atom stereocenters. The van der Waals surface area contributed by atoms with E-state index in [2.05, 4.69) is 16.5 Å². The summed E-state index contributed by atoms with van der Waals surface area (Å²) in [7, 11) is 0. The maximum Gasteiger partial charge on any atom is 0.108 e. The zero-order chi connectivity index (χ0) is 10.7. The highest BCUT2D eigenvalue weighted by molar-refractivity contribution is 4.98. The smallest absolute Gasteiger partial charge is 0.108 e. The van der Waals surface area contributed by atoms with E-state index < -0.39 is 0 Å². The van der Waals surface area contributed by atoms with Gasteiger partial charge in [0.15, 0.2) is 0 Å². The molecule has 1 aliphatic rings. The number of aliphatic hydroxyl groups is 1. The van der Waals surface area contributed by atoms with Gasteiger partial charge in [-0.2, -0.15) is 0 Å². The van der Waals surface area contributed by atoms with Gasteiger partial charge in [-0.05, 0) is 19.3 Å². The highest BCUT2D eigenvalue weighted by Gasteiger charge is 2.25. The van der Waals surface area contributed by atoms with Gasteiger partial charge in [0.05, 0.1) is 12.1 Å². The Morgan fingerprint density at radius 1 is 1.47 bits per heavy atom. The van der Waals surface area contributed by atoms with Crippen LogP contribution in [0.2, 0.25) is 0 Å². The fourth-order valence-electron chi connectivity index (χ4n) is 2.48. The fraction of sp³-hybridized carbons (Fsp3) is 0.750. The van der Waals surface area contributed by atoms with Crippen LogP contribution in [0.3, 0.4) is 0 Å². The number of aromatic nitrogens is 2. The Labute approximate surface area is 91.1 Å². The Balaban J connectivity index is 2.15. The van der Waals surface area contributed by atoms with Gasteiger partial charge in [0.25, 0.3) is 0 Å². The van der Waals surface area contributed by atoms with Crippen LogP contribution < -0.4 is 0 Å². The molecule has 15 heavy (non-hydrogen) atoms. The van der Waals surface area contributed by atoms with E-state index in [-0.39, 0.29) is 12.1 Å². The Kier molecular flexibility index (Phi) is 3.41. The third-order valence-corrected chi connectivity index (χ3v) is 3.27. The van der Waals surface area contributed by atoms with Crippen molar-refractivity contribution in [3.8, 4) is 0 Å². The minimum absolute atomic E-state index is 0.177. The van der Waals surface area contributed by atoms with Crippen molar-refractivity contribution in [1.29, 1.82) is 0 Å². The quantitative estimate of drug-likeness (QED) is 0.827. The van der Waals surface area contributed by atoms with Gasteiger partial charge in [-0.15, -0.1) is 0 Å². The second kappa shape index (κ2) is 4.79. The molecular formula is C12H20N2O. The van der Waals surface area contributed by atoms with Crippen LogP contribution in [-0.4, -0.2) is 20.8 Å². The molecule has 0 aliphatic heterocycles. The summed E-state index contributed by atoms with van der Waals surface area (Å²) in [6.07, 6.45) is 10.2. The molecule has 1 aromatic rings. The molecule has 0 radical (unpaired) electrons. The van der Waals surface area contributed by atoms with Crippen molar-refractivity contribution in [3.05, 3.63) is 18.2 Å². The molecular weight excluding hydrogens is 188 g/mol. The van der Waals surface area contributed by atoms with Crippen LogP contribution in [0.4, 0.5) is 0 Å². The third kappa shape index (κ3) is 2.23. The first-order valence-electron chi connectivity index (χ1n) is 6.02. The van der Waals surface area contributed by atoms with Crippen LogP contribution >= 0.6 is 0 Å². The predicted octanol–water partition coefficient (Wildman–Crippen LogP) is 2.31. The largest absolute Gasteiger partial charge is 0.391 e. The Bertz CT molecular complexity index is 308. The second-order valence-corrected chi connectivity index (χ2v) is 4.42. The monoisotopic (exact) mass is 208 g/mol. The highest BCUT2D eigenvalue weighted by atomic mass is 16.3. The lowest BCUT2D eigenvalue weighted by Gasteiger charge is -2.29. The number of aliphatic hydroxyl groups excluding tert-OH is 1. The molecule has 0 amide bonds. The van der Waals surface area contributed by atoms with E-state index in [0.717, 1.165) is 37.9 Å². The molecule has 1 heterocycles. The number of imidazole rings is 1. The van der Waals surface area contributed by atoms with Gasteiger partial charge >= 0.3 is 0 Å². The number of nitrogens with zero attached hydrogens (tertiary/aromatic N) is 2. The first-order valence-corrected chi connectivity index (χ1v) is 6.02. The summed E-state index contributed by atoms with van der Waals surface area (Å²) in [5.41, 5.74) is 0. The molecule has 1 aromatic heterocycles. The molecule has 3 heteroatoms. The van der Waals surface area contributed by atoms with Crippen LogP contribution in [0, 0.1) is 0 Å². The van der Waals surface area contributed by atoms with Crippen molar-refractivity contribution in [2.45, 2.75) is 57.6 Å². The van der Waals surface area contributed by atoms with Crippen molar-refractivity contribution in [2.24, 2.45) is 0 Å². The zero-order valence-electron chi connectivity index (χ0n) is 9.39. The average molecular weight is 208 g/mol. The lowest BCUT2D eigenvalue weighted by atomic mass is 9.92. The van der Waals surface area contributed by atoms with Crippen molar-refractivity contribution < 1.29 is 5.11 Å². The summed E-state index contributed by atoms with van der Waals surface area (Å²) in [6.45, 7) is 2.16. The number of hydrogen-bond acceptors (Lipinski definition) is 2. The molecule has 2 rings (SSSR count). The first kappa shape index (κ1) is 10.7. The van der Waals surface area contributed by atoms with Crippen LogP contribution in [0.5, 0.6) is 0 Å². The fourth-order valence-corrected chi connectivity index (χ4v) is 2.48. The van der Waals surface area contributed by atoms with Gasteiger partial charge in [0.1, 0.15) is 5.82 Å². The van der Waals surface area contributed by atoms with E-state index in [1.54, 1.807) is 0 Å². The normalized spacial score (nSPS) is 26.8. The predicted molar refractivity (Wildman–Crippen MR) is 59.7 cm³/mol. The molecule has 0 bridgehead atoms. The van der Waals surface area contributed by atoms with Gasteiger partial charge in [-0.3, -0.25) is 0 Å². The van der Waals surface area contributed by atoms with E-state index >= 15 is 0 Å². The summed E-state index contributed by atoms with van der Waals surface area (Å²) >= 11 is 0. The molecule has 0 saturated heterocycles. The van der Waals surface area contributed by atoms with E-state index in [1.807, 2.05) is 12.4 Å². The summed E-state index contributed by atoms with van der Waals surface area (Å²) in [4.78, 5) is 4.37. The minimum atomic E-state index is -0.177. The maximum atomic E-state index is 9.98. The van der Waals surface area contributed by atoms with Crippen LogP contribution in [0.1, 0.15) is 50.9 Å². The SMILES string of the molecule is CCCc1nccn1[C@@H]1CCCC[C@H]1O. The van der Waals surface area contributed by atoms with E-state index in [4.69, 9.17) is 0 Å². The maximum absolute atomic E-state index is 9.98. The molecule has 1 aliphatic carbocycles. The molecule has 1 N–H and O–H groups in total. The Morgan fingerprint density at radius 2 is 2.27 bits per heavy atom. The van der Waals surface area contributed by atoms with Crippen LogP contribution in [0.25, 0.3) is 0 Å². The van der Waals surface area contributed by atoms with Crippen molar-refractivity contribution in [3.63, 3.8) is 0 Å². The second-order valence-electron chi connectivity index (χ2n) is 4.42. The van der Waals surface area contributed by atoms with Gasteiger partial charge in [0, 0.05) is 18.8 Å². The van der Waals surface area contributed by atoms with Gasteiger partial charge in [0.2, 0.25) is 0 Å². The lowest BCUT2D eigenvalue weighted by Crippen LogP contribution is -2.28. The third-order valence-electron chi connectivity index (χ3n) is 3.27. The van der Waals surface area contributed by atoms with Crippen LogP contribution in [0.15, 0.2) is 12.4 Å². The van der Waals surface area contributed by atoms with Crippen molar-refractivity contribution >= 4 is 0 Å². The summed E-state index contributed by atoms with van der Waals surface area (Å²) in [6, 6.07) is 0.266. The van der Waals surface area contributed by atoms with Crippen molar-refractivity contribution in [1.82, 2.24) is 9.55 Å². The number of hydrogen-bond donors (Lipinski definition) is 1. The standard InChI is InChI=1S/C12H20N2O/c1-2-5-12-13-8-9-14(12)10-6-3-4-7-11(10)15/h8-11,15H,2-7H2,1H3/t10-,11-/m1/s1. The summed E-state index contributed by atoms with van der Waals surface area (Å²) < 4.78 is 2.19. The average Bonchev–Trinajstić information content (AvgIpc) is 2.67. The lowest BCUT2D eigenvalue weighted by molar-refractivity contribution is 0.0740. The molecule has 84 valence electrons. The molecule has 3 nitrogen and oxygen atoms in total. The number of aryl methyl sites for hydroxylation is 1. The summed E-state index contributed by atoms with van der Waals surface area (Å²) in [5, 5.41) is 9.98. The Morgan fingerprint density at radius 3 is 3.00 bits per heavy atom. The molecule has 0 aromatic carbocycles. The van der Waals surface area contributed by atoms with Gasteiger partial charge in [-0.1, -0.05) is 19.8 Å². The molecule has 1 fully saturated rings. The molecule has 1 saturated carbocycles. The molecule has 2 atom stereocenters. The van der Waals surface area contributed by atoms with Gasteiger partial charge < -0.3 is 9.67 Å². The van der Waals surface area contributed by atoms with E-state index in [9.17, 15) is 5.11 Å². The zero-order valence-corrected chi connectivity index (χ0v) is 9.39. The Hall–Kier alpha value is -0.830. The van der Waals surface area contributed by atoms with Crippen molar-refractivity contribution in [2.75, 3.05) is 0 Å². The first-order chi connectivity index (χ1) is 7.33. The molecule has 0 spiro atoms. The van der Waals surface area contributed by atoms with E-state index in [1.165, 1.54) is 6.42 Å². The van der Waals surface area contributed by atoms with Gasteiger partial charge in [-0.25, -0.2) is 4.98 Å². The highest BCUT2D eigenvalue weighted by Crippen LogP contribution is 2.29. The summed E-state index contributed by atoms with van der Waals surface area (Å²) in [5.74, 6) is 1.13. The van der Waals surface area contributed by atoms with Crippen LogP contribution in [-0.2, 0) is 6.42 Å². The number of rotatable bonds is 3. The van der Waals surface area contributed by atoms with E-state index in [0.29, 0.717) is 0 Å².